The van der Waals surface area contributed by atoms with E-state index < -0.39 is 10.1 Å². The van der Waals surface area contributed by atoms with Crippen molar-refractivity contribution in [1.29, 1.82) is 0 Å². The normalized spacial score (nSPS) is 11.4. The van der Waals surface area contributed by atoms with Gasteiger partial charge in [0.05, 0.1) is 10.2 Å². The Kier molecular flexibility index (Phi) is 4.02. The molecule has 4 nitrogen and oxygen atoms in total. The van der Waals surface area contributed by atoms with Crippen LogP contribution in [0.4, 0.5) is 0 Å². The second-order valence-corrected chi connectivity index (χ2v) is 6.14. The number of hydrogen-bond acceptors (Lipinski definition) is 4. The van der Waals surface area contributed by atoms with Crippen molar-refractivity contribution in [2.45, 2.75) is 6.92 Å². The van der Waals surface area contributed by atoms with Crippen LogP contribution in [0.1, 0.15) is 6.92 Å². The van der Waals surface area contributed by atoms with Gasteiger partial charge in [0, 0.05) is 0 Å². The van der Waals surface area contributed by atoms with Crippen molar-refractivity contribution >= 4 is 42.0 Å². The molecule has 0 radical (unpaired) electrons. The smallest absolute Gasteiger partial charge is 0.308 e. The van der Waals surface area contributed by atoms with Gasteiger partial charge >= 0.3 is 10.1 Å². The molecule has 0 saturated heterocycles. The Morgan fingerprint density at radius 1 is 1.40 bits per heavy atom. The van der Waals surface area contributed by atoms with Gasteiger partial charge in [-0.3, -0.25) is 0 Å². The predicted octanol–water partition coefficient (Wildman–Crippen LogP) is 2.65. The molecular formula is C8H8Br2O4S. The number of aromatic hydroxyl groups is 1. The van der Waals surface area contributed by atoms with E-state index in [0.29, 0.717) is 4.47 Å². The summed E-state index contributed by atoms with van der Waals surface area (Å²) in [6, 6.07) is 2.95. The zero-order valence-electron chi connectivity index (χ0n) is 7.70. The summed E-state index contributed by atoms with van der Waals surface area (Å²) >= 11 is 6.14. The van der Waals surface area contributed by atoms with Crippen LogP contribution in [0, 0.1) is 0 Å². The molecule has 1 aromatic carbocycles. The molecule has 1 aromatic rings. The minimum atomic E-state index is -3.58. The third-order valence-electron chi connectivity index (χ3n) is 1.60. The zero-order chi connectivity index (χ0) is 11.6. The van der Waals surface area contributed by atoms with Crippen LogP contribution in [0.25, 0.3) is 0 Å². The summed E-state index contributed by atoms with van der Waals surface area (Å²) in [6.07, 6.45) is 0. The predicted molar refractivity (Wildman–Crippen MR) is 63.6 cm³/mol. The SMILES string of the molecule is CCS(=O)(=O)Oc1ccc(Br)c(O)c1Br. The van der Waals surface area contributed by atoms with E-state index >= 15 is 0 Å². The summed E-state index contributed by atoms with van der Waals surface area (Å²) in [5.41, 5.74) is 0. The first-order valence-corrected chi connectivity index (χ1v) is 7.13. The number of phenolic OH excluding ortho intramolecular Hbond substituents is 1. The van der Waals surface area contributed by atoms with Crippen molar-refractivity contribution in [3.8, 4) is 11.5 Å². The quantitative estimate of drug-likeness (QED) is 0.842. The molecule has 0 aliphatic rings. The van der Waals surface area contributed by atoms with E-state index in [2.05, 4.69) is 31.9 Å². The lowest BCUT2D eigenvalue weighted by atomic mass is 10.3. The van der Waals surface area contributed by atoms with Crippen molar-refractivity contribution in [1.82, 2.24) is 0 Å². The summed E-state index contributed by atoms with van der Waals surface area (Å²) < 4.78 is 27.8. The van der Waals surface area contributed by atoms with E-state index in [1.165, 1.54) is 19.1 Å². The van der Waals surface area contributed by atoms with Gasteiger partial charge in [-0.2, -0.15) is 8.42 Å². The Morgan fingerprint density at radius 3 is 2.53 bits per heavy atom. The summed E-state index contributed by atoms with van der Waals surface area (Å²) in [7, 11) is -3.58. The Hall–Kier alpha value is -0.270. The lowest BCUT2D eigenvalue weighted by molar-refractivity contribution is 0.456. The molecule has 0 amide bonds. The monoisotopic (exact) mass is 358 g/mol. The average Bonchev–Trinajstić information content (AvgIpc) is 2.19. The van der Waals surface area contributed by atoms with Crippen molar-refractivity contribution in [3.05, 3.63) is 21.1 Å². The van der Waals surface area contributed by atoms with Gasteiger partial charge in [-0.25, -0.2) is 0 Å². The Labute approximate surface area is 105 Å². The standard InChI is InChI=1S/C8H8Br2O4S/c1-2-15(12,13)14-6-4-3-5(9)8(11)7(6)10/h3-4,11H,2H2,1H3. The van der Waals surface area contributed by atoms with E-state index in [9.17, 15) is 13.5 Å². The van der Waals surface area contributed by atoms with E-state index in [1.807, 2.05) is 0 Å². The van der Waals surface area contributed by atoms with Crippen molar-refractivity contribution in [2.75, 3.05) is 5.75 Å². The summed E-state index contributed by atoms with van der Waals surface area (Å²) in [5.74, 6) is -0.160. The molecule has 7 heteroatoms. The molecule has 1 N–H and O–H groups in total. The topological polar surface area (TPSA) is 63.6 Å². The average molecular weight is 360 g/mol. The summed E-state index contributed by atoms with van der Waals surface area (Å²) in [5, 5.41) is 9.49. The number of rotatable bonds is 3. The van der Waals surface area contributed by atoms with Crippen LogP contribution in [-0.4, -0.2) is 19.3 Å². The number of hydrogen-bond donors (Lipinski definition) is 1. The molecule has 0 heterocycles. The molecule has 0 aliphatic carbocycles. The van der Waals surface area contributed by atoms with Crippen LogP contribution >= 0.6 is 31.9 Å². The molecule has 0 aliphatic heterocycles. The van der Waals surface area contributed by atoms with E-state index in [-0.39, 0.29) is 21.7 Å². The van der Waals surface area contributed by atoms with E-state index in [4.69, 9.17) is 4.18 Å². The van der Waals surface area contributed by atoms with Crippen molar-refractivity contribution in [3.63, 3.8) is 0 Å². The van der Waals surface area contributed by atoms with Crippen LogP contribution in [-0.2, 0) is 10.1 Å². The molecule has 0 unspecified atom stereocenters. The van der Waals surface area contributed by atoms with Gasteiger partial charge in [-0.05, 0) is 50.9 Å². The maximum absolute atomic E-state index is 11.2. The fourth-order valence-electron chi connectivity index (χ4n) is 0.783. The van der Waals surface area contributed by atoms with Gasteiger partial charge in [0.1, 0.15) is 10.2 Å². The van der Waals surface area contributed by atoms with E-state index in [0.717, 1.165) is 0 Å². The lowest BCUT2D eigenvalue weighted by Crippen LogP contribution is -2.11. The summed E-state index contributed by atoms with van der Waals surface area (Å²) in [4.78, 5) is 0. The molecule has 15 heavy (non-hydrogen) atoms. The van der Waals surface area contributed by atoms with Crippen LogP contribution < -0.4 is 4.18 Å². The van der Waals surface area contributed by atoms with Gasteiger partial charge in [0.15, 0.2) is 5.75 Å². The Morgan fingerprint density at radius 2 is 2.00 bits per heavy atom. The van der Waals surface area contributed by atoms with Crippen LogP contribution in [0.15, 0.2) is 21.1 Å². The molecule has 0 bridgehead atoms. The molecule has 0 aromatic heterocycles. The van der Waals surface area contributed by atoms with Gasteiger partial charge in [0.25, 0.3) is 0 Å². The zero-order valence-corrected chi connectivity index (χ0v) is 11.7. The maximum Gasteiger partial charge on any atom is 0.308 e. The number of benzene rings is 1. The second-order valence-electron chi connectivity index (χ2n) is 2.64. The highest BCUT2D eigenvalue weighted by atomic mass is 79.9. The molecule has 84 valence electrons. The van der Waals surface area contributed by atoms with Crippen molar-refractivity contribution < 1.29 is 17.7 Å². The molecule has 0 atom stereocenters. The van der Waals surface area contributed by atoms with E-state index in [1.54, 1.807) is 0 Å². The fourth-order valence-corrected chi connectivity index (χ4v) is 2.44. The first kappa shape index (κ1) is 12.8. The van der Waals surface area contributed by atoms with Crippen LogP contribution in [0.3, 0.4) is 0 Å². The van der Waals surface area contributed by atoms with Crippen molar-refractivity contribution in [2.24, 2.45) is 0 Å². The Balaban J connectivity index is 3.13. The number of phenols is 1. The maximum atomic E-state index is 11.2. The molecular weight excluding hydrogens is 352 g/mol. The minimum absolute atomic E-state index is 0.0672. The van der Waals surface area contributed by atoms with Gasteiger partial charge < -0.3 is 9.29 Å². The largest absolute Gasteiger partial charge is 0.505 e. The third-order valence-corrected chi connectivity index (χ3v) is 4.15. The highest BCUT2D eigenvalue weighted by Crippen LogP contribution is 2.39. The lowest BCUT2D eigenvalue weighted by Gasteiger charge is -2.08. The van der Waals surface area contributed by atoms with Crippen LogP contribution in [0.2, 0.25) is 0 Å². The molecule has 1 rings (SSSR count). The molecule has 0 fully saturated rings. The molecule has 0 spiro atoms. The fraction of sp³-hybridized carbons (Fsp3) is 0.250. The molecule has 0 saturated carbocycles. The third kappa shape index (κ3) is 3.09. The first-order chi connectivity index (χ1) is 6.87. The second kappa shape index (κ2) is 4.71. The summed E-state index contributed by atoms with van der Waals surface area (Å²) in [6.45, 7) is 1.47. The Bertz CT molecular complexity index is 470. The highest BCUT2D eigenvalue weighted by molar-refractivity contribution is 9.11. The minimum Gasteiger partial charge on any atom is -0.505 e. The van der Waals surface area contributed by atoms with Gasteiger partial charge in [0.2, 0.25) is 0 Å². The van der Waals surface area contributed by atoms with Gasteiger partial charge in [-0.15, -0.1) is 0 Å². The first-order valence-electron chi connectivity index (χ1n) is 3.96. The highest BCUT2D eigenvalue weighted by Gasteiger charge is 2.15. The van der Waals surface area contributed by atoms with Crippen LogP contribution in [0.5, 0.6) is 11.5 Å². The van der Waals surface area contributed by atoms with Gasteiger partial charge in [-0.1, -0.05) is 0 Å². The number of halogens is 2.